The van der Waals surface area contributed by atoms with Gasteiger partial charge in [-0.15, -0.1) is 20.4 Å². The third-order valence-corrected chi connectivity index (χ3v) is 3.74. The molecule has 23 heavy (non-hydrogen) atoms. The van der Waals surface area contributed by atoms with Gasteiger partial charge in [-0.05, 0) is 12.1 Å². The highest BCUT2D eigenvalue weighted by atomic mass is 32.2. The first-order valence-electron chi connectivity index (χ1n) is 6.67. The van der Waals surface area contributed by atoms with Gasteiger partial charge in [0.15, 0.2) is 0 Å². The summed E-state index contributed by atoms with van der Waals surface area (Å²) >= 11 is 1.32. The van der Waals surface area contributed by atoms with E-state index in [0.29, 0.717) is 45.7 Å². The second-order valence-electron chi connectivity index (χ2n) is 4.44. The number of aryl methyl sites for hydroxylation is 1. The van der Waals surface area contributed by atoms with E-state index in [1.54, 1.807) is 39.3 Å². The molecule has 0 radical (unpaired) electrons. The summed E-state index contributed by atoms with van der Waals surface area (Å²) in [7, 11) is 3.16. The summed E-state index contributed by atoms with van der Waals surface area (Å²) in [4.78, 5) is 0. The van der Waals surface area contributed by atoms with Gasteiger partial charge >= 0.3 is 0 Å². The SMILES string of the molecule is COc1ccc(-c2nnc(SCc3nnc(C)o3)o2)c(OC)c1. The highest BCUT2D eigenvalue weighted by molar-refractivity contribution is 7.98. The summed E-state index contributed by atoms with van der Waals surface area (Å²) in [5, 5.41) is 16.1. The van der Waals surface area contributed by atoms with Gasteiger partial charge < -0.3 is 18.3 Å². The van der Waals surface area contributed by atoms with Crippen molar-refractivity contribution in [2.75, 3.05) is 14.2 Å². The van der Waals surface area contributed by atoms with Gasteiger partial charge in [0.1, 0.15) is 11.5 Å². The van der Waals surface area contributed by atoms with Crippen LogP contribution in [0.15, 0.2) is 32.3 Å². The topological polar surface area (TPSA) is 96.3 Å². The molecule has 0 saturated carbocycles. The normalized spacial score (nSPS) is 10.7. The Morgan fingerprint density at radius 2 is 1.91 bits per heavy atom. The van der Waals surface area contributed by atoms with E-state index in [0.717, 1.165) is 0 Å². The Hall–Kier alpha value is -2.55. The zero-order chi connectivity index (χ0) is 16.2. The fraction of sp³-hybridized carbons (Fsp3) is 0.286. The molecule has 0 amide bonds. The number of methoxy groups -OCH3 is 2. The lowest BCUT2D eigenvalue weighted by molar-refractivity contribution is 0.393. The van der Waals surface area contributed by atoms with Gasteiger partial charge in [-0.25, -0.2) is 0 Å². The Bertz CT molecular complexity index is 802. The molecular weight excluding hydrogens is 320 g/mol. The van der Waals surface area contributed by atoms with Crippen LogP contribution in [0.1, 0.15) is 11.8 Å². The zero-order valence-electron chi connectivity index (χ0n) is 12.8. The number of aromatic nitrogens is 4. The first-order chi connectivity index (χ1) is 11.2. The predicted octanol–water partition coefficient (Wildman–Crippen LogP) is 2.74. The molecule has 0 saturated heterocycles. The molecule has 8 nitrogen and oxygen atoms in total. The molecule has 3 rings (SSSR count). The molecule has 0 unspecified atom stereocenters. The van der Waals surface area contributed by atoms with E-state index in [1.807, 2.05) is 0 Å². The van der Waals surface area contributed by atoms with E-state index < -0.39 is 0 Å². The van der Waals surface area contributed by atoms with E-state index in [4.69, 9.17) is 18.3 Å². The maximum absolute atomic E-state index is 5.64. The van der Waals surface area contributed by atoms with Gasteiger partial charge in [0.05, 0.1) is 25.5 Å². The quantitative estimate of drug-likeness (QED) is 0.630. The number of ether oxygens (including phenoxy) is 2. The molecule has 0 aliphatic carbocycles. The zero-order valence-corrected chi connectivity index (χ0v) is 13.6. The summed E-state index contributed by atoms with van der Waals surface area (Å²) in [5.74, 6) is 3.14. The van der Waals surface area contributed by atoms with Crippen LogP contribution in [0.3, 0.4) is 0 Å². The largest absolute Gasteiger partial charge is 0.497 e. The molecule has 0 aliphatic rings. The van der Waals surface area contributed by atoms with Crippen LogP contribution in [-0.4, -0.2) is 34.6 Å². The Balaban J connectivity index is 1.76. The van der Waals surface area contributed by atoms with Crippen LogP contribution < -0.4 is 9.47 Å². The van der Waals surface area contributed by atoms with Crippen LogP contribution >= 0.6 is 11.8 Å². The van der Waals surface area contributed by atoms with Crippen molar-refractivity contribution in [3.8, 4) is 23.0 Å². The maximum Gasteiger partial charge on any atom is 0.277 e. The van der Waals surface area contributed by atoms with Crippen molar-refractivity contribution < 1.29 is 18.3 Å². The molecule has 0 fully saturated rings. The number of rotatable bonds is 6. The maximum atomic E-state index is 5.64. The lowest BCUT2D eigenvalue weighted by Gasteiger charge is -2.07. The third kappa shape index (κ3) is 3.45. The van der Waals surface area contributed by atoms with Gasteiger partial charge in [-0.1, -0.05) is 11.8 Å². The molecule has 0 N–H and O–H groups in total. The summed E-state index contributed by atoms with van der Waals surface area (Å²) in [6.07, 6.45) is 0. The van der Waals surface area contributed by atoms with Crippen LogP contribution in [0, 0.1) is 6.92 Å². The Kier molecular flexibility index (Phi) is 4.47. The highest BCUT2D eigenvalue weighted by Gasteiger charge is 2.15. The Morgan fingerprint density at radius 3 is 2.61 bits per heavy atom. The Labute approximate surface area is 136 Å². The molecule has 0 aliphatic heterocycles. The first-order valence-corrected chi connectivity index (χ1v) is 7.66. The number of thioether (sulfide) groups is 1. The lowest BCUT2D eigenvalue weighted by atomic mass is 10.2. The van der Waals surface area contributed by atoms with Gasteiger partial charge in [-0.2, -0.15) is 0 Å². The summed E-state index contributed by atoms with van der Waals surface area (Å²) in [6, 6.07) is 5.37. The number of hydrogen-bond acceptors (Lipinski definition) is 9. The Morgan fingerprint density at radius 1 is 1.04 bits per heavy atom. The fourth-order valence-electron chi connectivity index (χ4n) is 1.87. The molecule has 9 heteroatoms. The van der Waals surface area contributed by atoms with E-state index in [1.165, 1.54) is 11.8 Å². The minimum Gasteiger partial charge on any atom is -0.497 e. The number of benzene rings is 1. The van der Waals surface area contributed by atoms with Crippen LogP contribution in [-0.2, 0) is 5.75 Å². The molecule has 0 atom stereocenters. The first kappa shape index (κ1) is 15.3. The standard InChI is InChI=1S/C14H14N4O4S/c1-8-15-16-12(21-8)7-23-14-18-17-13(22-14)10-5-4-9(19-2)6-11(10)20-3/h4-6H,7H2,1-3H3. The van der Waals surface area contributed by atoms with E-state index in [-0.39, 0.29) is 0 Å². The van der Waals surface area contributed by atoms with Crippen LogP contribution in [0.2, 0.25) is 0 Å². The van der Waals surface area contributed by atoms with Crippen molar-refractivity contribution in [3.63, 3.8) is 0 Å². The van der Waals surface area contributed by atoms with Crippen molar-refractivity contribution in [2.45, 2.75) is 17.9 Å². The minimum absolute atomic E-state index is 0.369. The van der Waals surface area contributed by atoms with Crippen molar-refractivity contribution >= 4 is 11.8 Å². The van der Waals surface area contributed by atoms with Crippen LogP contribution in [0.5, 0.6) is 11.5 Å². The second kappa shape index (κ2) is 6.69. The van der Waals surface area contributed by atoms with Gasteiger partial charge in [0.2, 0.25) is 11.8 Å². The van der Waals surface area contributed by atoms with E-state index in [9.17, 15) is 0 Å². The number of nitrogens with zero attached hydrogens (tertiary/aromatic N) is 4. The van der Waals surface area contributed by atoms with Crippen molar-refractivity contribution in [3.05, 3.63) is 30.0 Å². The van der Waals surface area contributed by atoms with Crippen LogP contribution in [0.4, 0.5) is 0 Å². The number of hydrogen-bond donors (Lipinski definition) is 0. The van der Waals surface area contributed by atoms with Gasteiger partial charge in [0, 0.05) is 13.0 Å². The molecule has 2 heterocycles. The molecule has 3 aromatic rings. The van der Waals surface area contributed by atoms with Crippen molar-refractivity contribution in [1.29, 1.82) is 0 Å². The molecule has 120 valence electrons. The van der Waals surface area contributed by atoms with Crippen molar-refractivity contribution in [1.82, 2.24) is 20.4 Å². The summed E-state index contributed by atoms with van der Waals surface area (Å²) in [6.45, 7) is 1.74. The molecule has 0 bridgehead atoms. The lowest BCUT2D eigenvalue weighted by Crippen LogP contribution is -1.90. The molecule has 1 aromatic carbocycles. The van der Waals surface area contributed by atoms with Crippen molar-refractivity contribution in [2.24, 2.45) is 0 Å². The summed E-state index contributed by atoms with van der Waals surface area (Å²) < 4.78 is 21.4. The van der Waals surface area contributed by atoms with Crippen LogP contribution in [0.25, 0.3) is 11.5 Å². The fourth-order valence-corrected chi connectivity index (χ4v) is 2.47. The average Bonchev–Trinajstić information content (AvgIpc) is 3.21. The third-order valence-electron chi connectivity index (χ3n) is 2.93. The van der Waals surface area contributed by atoms with Gasteiger partial charge in [-0.3, -0.25) is 0 Å². The molecular formula is C14H14N4O4S. The predicted molar refractivity (Wildman–Crippen MR) is 81.4 cm³/mol. The van der Waals surface area contributed by atoms with Gasteiger partial charge in [0.25, 0.3) is 11.1 Å². The minimum atomic E-state index is 0.369. The highest BCUT2D eigenvalue weighted by Crippen LogP contribution is 2.34. The molecule has 2 aromatic heterocycles. The summed E-state index contributed by atoms with van der Waals surface area (Å²) in [5.41, 5.74) is 0.696. The molecule has 0 spiro atoms. The second-order valence-corrected chi connectivity index (χ2v) is 5.37. The smallest absolute Gasteiger partial charge is 0.277 e. The average molecular weight is 334 g/mol. The van der Waals surface area contributed by atoms with E-state index in [2.05, 4.69) is 20.4 Å². The van der Waals surface area contributed by atoms with E-state index >= 15 is 0 Å². The monoisotopic (exact) mass is 334 g/mol.